The van der Waals surface area contributed by atoms with Crippen molar-refractivity contribution in [2.45, 2.75) is 208 Å². The van der Waals surface area contributed by atoms with Crippen LogP contribution in [0.3, 0.4) is 0 Å². The molecule has 56 heavy (non-hydrogen) atoms. The van der Waals surface area contributed by atoms with E-state index in [1.165, 1.54) is 197 Å². The van der Waals surface area contributed by atoms with Gasteiger partial charge < -0.3 is 0 Å². The smallest absolute Gasteiger partial charge is 0.0530 e. The zero-order chi connectivity index (χ0) is 39.3. The molecule has 0 bridgehead atoms. The summed E-state index contributed by atoms with van der Waals surface area (Å²) >= 11 is 8.40. The van der Waals surface area contributed by atoms with Crippen molar-refractivity contribution in [1.29, 1.82) is 0 Å². The second-order valence-corrected chi connectivity index (χ2v) is 22.6. The first-order valence-corrected chi connectivity index (χ1v) is 26.9. The monoisotopic (exact) mass is 828 g/mol. The lowest BCUT2D eigenvalue weighted by molar-refractivity contribution is 0.404. The fourth-order valence-corrected chi connectivity index (χ4v) is 14.6. The van der Waals surface area contributed by atoms with E-state index in [4.69, 9.17) is 0 Å². The zero-order valence-corrected chi connectivity index (χ0v) is 39.7. The largest absolute Gasteiger partial charge is 0.140 e. The fraction of sp³-hybridized carbons (Fsp3) is 0.654. The minimum absolute atomic E-state index is 0.816. The van der Waals surface area contributed by atoms with Gasteiger partial charge in [-0.25, -0.2) is 0 Å². The number of rotatable bonds is 28. The van der Waals surface area contributed by atoms with Crippen molar-refractivity contribution >= 4 is 96.5 Å². The van der Waals surface area contributed by atoms with Crippen molar-refractivity contribution in [3.63, 3.8) is 0 Å². The van der Waals surface area contributed by atoms with Crippen molar-refractivity contribution in [1.82, 2.24) is 0 Å². The molecule has 0 saturated heterocycles. The minimum atomic E-state index is 0.816. The molecule has 4 heterocycles. The van der Waals surface area contributed by atoms with Crippen molar-refractivity contribution in [3.05, 3.63) is 43.8 Å². The standard InChI is InChI=1S/C52H76S4/c1-7-11-15-19-21-25-29-39(27-23-17-13-9-3)33-41-35-43-44-36-42(34-40(28-24-18-14-10-4)30-26-22-20-16-12-8-2)56-50(44)48-46-32-38(6)54-52(46)51-45(31-37(5)53-51)47(48)49(43)55-41/h31-32,35-36,39-40H,7-30,33-34H2,1-6H3. The first kappa shape index (κ1) is 44.1. The number of fused-ring (bicyclic) bond motifs is 11. The summed E-state index contributed by atoms with van der Waals surface area (Å²) in [6.45, 7) is 14.0. The van der Waals surface area contributed by atoms with E-state index in [1.807, 2.05) is 22.7 Å². The minimum Gasteiger partial charge on any atom is -0.140 e. The van der Waals surface area contributed by atoms with Gasteiger partial charge in [-0.1, -0.05) is 182 Å². The van der Waals surface area contributed by atoms with Crippen LogP contribution in [0.2, 0.25) is 0 Å². The normalized spacial score (nSPS) is 13.5. The van der Waals surface area contributed by atoms with Crippen LogP contribution in [-0.2, 0) is 12.8 Å². The van der Waals surface area contributed by atoms with Crippen LogP contribution >= 0.6 is 45.3 Å². The van der Waals surface area contributed by atoms with E-state index in [-0.39, 0.29) is 0 Å². The molecule has 0 fully saturated rings. The molecule has 0 aliphatic rings. The molecule has 4 heteroatoms. The molecule has 6 rings (SSSR count). The Morgan fingerprint density at radius 2 is 0.679 bits per heavy atom. The summed E-state index contributed by atoms with van der Waals surface area (Å²) in [5.41, 5.74) is 0. The van der Waals surface area contributed by atoms with E-state index in [9.17, 15) is 0 Å². The molecular weight excluding hydrogens is 753 g/mol. The molecule has 0 saturated carbocycles. The van der Waals surface area contributed by atoms with Gasteiger partial charge in [-0.2, -0.15) is 0 Å². The average Bonchev–Trinajstić information content (AvgIpc) is 3.98. The number of aryl methyl sites for hydroxylation is 2. The van der Waals surface area contributed by atoms with E-state index in [0.717, 1.165) is 11.8 Å². The van der Waals surface area contributed by atoms with Crippen molar-refractivity contribution < 1.29 is 0 Å². The first-order chi connectivity index (χ1) is 27.4. The SMILES string of the molecule is CCCCCCCCC(CCCCCC)Cc1cc2c3cc(CC(CCCCCC)CCCCCCCC)sc3c3c4cc(C)sc4c4sc(C)cc4c3c2s1. The topological polar surface area (TPSA) is 0 Å². The summed E-state index contributed by atoms with van der Waals surface area (Å²) in [5.74, 6) is 1.63. The maximum absolute atomic E-state index is 2.70. The van der Waals surface area contributed by atoms with Crippen molar-refractivity contribution in [2.24, 2.45) is 11.8 Å². The van der Waals surface area contributed by atoms with E-state index in [1.54, 1.807) is 40.7 Å². The van der Waals surface area contributed by atoms with Gasteiger partial charge in [-0.15, -0.1) is 45.3 Å². The molecule has 0 amide bonds. The van der Waals surface area contributed by atoms with Gasteiger partial charge in [0.1, 0.15) is 0 Å². The number of hydrogen-bond acceptors (Lipinski definition) is 4. The van der Waals surface area contributed by atoms with Gasteiger partial charge in [0, 0.05) is 61.2 Å². The highest BCUT2D eigenvalue weighted by molar-refractivity contribution is 7.28. The summed E-state index contributed by atoms with van der Waals surface area (Å²) in [5, 5.41) is 9.30. The molecule has 0 nitrogen and oxygen atoms in total. The third-order valence-corrected chi connectivity index (χ3v) is 17.5. The van der Waals surface area contributed by atoms with Crippen LogP contribution in [-0.4, -0.2) is 0 Å². The van der Waals surface area contributed by atoms with E-state index >= 15 is 0 Å². The van der Waals surface area contributed by atoms with Crippen LogP contribution in [0.5, 0.6) is 0 Å². The predicted octanol–water partition coefficient (Wildman–Crippen LogP) is 20.1. The van der Waals surface area contributed by atoms with E-state index in [2.05, 4.69) is 88.5 Å². The molecule has 2 atom stereocenters. The molecule has 0 N–H and O–H groups in total. The Hall–Kier alpha value is -1.46. The summed E-state index contributed by atoms with van der Waals surface area (Å²) in [7, 11) is 0. The summed E-state index contributed by atoms with van der Waals surface area (Å²) in [6.07, 6.45) is 36.1. The lowest BCUT2D eigenvalue weighted by Crippen LogP contribution is -2.04. The summed E-state index contributed by atoms with van der Waals surface area (Å²) in [6, 6.07) is 10.5. The van der Waals surface area contributed by atoms with Gasteiger partial charge in [-0.3, -0.25) is 0 Å². The molecule has 0 spiro atoms. The Balaban J connectivity index is 1.39. The van der Waals surface area contributed by atoms with E-state index < -0.39 is 0 Å². The Morgan fingerprint density at radius 1 is 0.357 bits per heavy atom. The summed E-state index contributed by atoms with van der Waals surface area (Å²) < 4.78 is 6.21. The highest BCUT2D eigenvalue weighted by Gasteiger charge is 2.24. The van der Waals surface area contributed by atoms with Crippen LogP contribution in [0.15, 0.2) is 24.3 Å². The third-order valence-electron chi connectivity index (χ3n) is 12.9. The van der Waals surface area contributed by atoms with Gasteiger partial charge >= 0.3 is 0 Å². The molecule has 2 aromatic carbocycles. The van der Waals surface area contributed by atoms with Gasteiger partial charge in [0.15, 0.2) is 0 Å². The second kappa shape index (κ2) is 22.8. The maximum Gasteiger partial charge on any atom is 0.0530 e. The Labute approximate surface area is 358 Å². The Kier molecular flexibility index (Phi) is 17.9. The molecule has 6 aromatic rings. The Bertz CT molecular complexity index is 1910. The first-order valence-electron chi connectivity index (χ1n) is 23.7. The predicted molar refractivity (Wildman–Crippen MR) is 263 cm³/mol. The molecule has 4 aromatic heterocycles. The quantitative estimate of drug-likeness (QED) is 0.0432. The molecular formula is C52H76S4. The molecule has 0 radical (unpaired) electrons. The average molecular weight is 829 g/mol. The third kappa shape index (κ3) is 11.4. The maximum atomic E-state index is 2.70. The van der Waals surface area contributed by atoms with Crippen molar-refractivity contribution in [2.75, 3.05) is 0 Å². The van der Waals surface area contributed by atoms with Crippen LogP contribution in [0.1, 0.15) is 201 Å². The van der Waals surface area contributed by atoms with Crippen LogP contribution in [0, 0.1) is 25.7 Å². The van der Waals surface area contributed by atoms with Crippen LogP contribution < -0.4 is 0 Å². The molecule has 2 unspecified atom stereocenters. The van der Waals surface area contributed by atoms with Gasteiger partial charge in [0.05, 0.1) is 9.40 Å². The van der Waals surface area contributed by atoms with Crippen LogP contribution in [0.25, 0.3) is 51.1 Å². The second-order valence-electron chi connectivity index (χ2n) is 17.8. The Morgan fingerprint density at radius 3 is 1.04 bits per heavy atom. The number of thiophene rings is 4. The molecule has 308 valence electrons. The molecule has 0 aliphatic heterocycles. The summed E-state index contributed by atoms with van der Waals surface area (Å²) in [4.78, 5) is 6.19. The van der Waals surface area contributed by atoms with E-state index in [0.29, 0.717) is 0 Å². The number of unbranched alkanes of at least 4 members (excludes halogenated alkanes) is 16. The van der Waals surface area contributed by atoms with Gasteiger partial charge in [0.2, 0.25) is 0 Å². The zero-order valence-electron chi connectivity index (χ0n) is 36.5. The lowest BCUT2D eigenvalue weighted by Gasteiger charge is -2.16. The lowest BCUT2D eigenvalue weighted by atomic mass is 9.90. The number of benzene rings is 2. The van der Waals surface area contributed by atoms with Gasteiger partial charge in [0.25, 0.3) is 0 Å². The van der Waals surface area contributed by atoms with Crippen molar-refractivity contribution in [3.8, 4) is 0 Å². The highest BCUT2D eigenvalue weighted by Crippen LogP contribution is 2.52. The molecule has 0 aliphatic carbocycles. The highest BCUT2D eigenvalue weighted by atomic mass is 32.1. The van der Waals surface area contributed by atoms with Crippen LogP contribution in [0.4, 0.5) is 0 Å². The fourth-order valence-electron chi connectivity index (χ4n) is 9.75. The van der Waals surface area contributed by atoms with Gasteiger partial charge in [-0.05, 0) is 62.8 Å². The number of hydrogen-bond donors (Lipinski definition) is 0.